The maximum absolute atomic E-state index is 12.3. The van der Waals surface area contributed by atoms with E-state index in [-0.39, 0.29) is 6.09 Å². The van der Waals surface area contributed by atoms with Crippen molar-refractivity contribution in [2.45, 2.75) is 65.3 Å². The van der Waals surface area contributed by atoms with Gasteiger partial charge in [0.15, 0.2) is 0 Å². The Bertz CT molecular complexity index is 419. The molecule has 0 aliphatic heterocycles. The highest BCUT2D eigenvalue weighted by Crippen LogP contribution is 2.21. The van der Waals surface area contributed by atoms with Gasteiger partial charge >= 0.3 is 6.09 Å². The zero-order chi connectivity index (χ0) is 14.7. The van der Waals surface area contributed by atoms with Crippen LogP contribution in [0.15, 0.2) is 18.3 Å². The number of rotatable bonds is 4. The van der Waals surface area contributed by atoms with Crippen LogP contribution in [0.5, 0.6) is 0 Å². The maximum Gasteiger partial charge on any atom is 0.418 e. The first kappa shape index (κ1) is 16.0. The molecule has 4 heteroatoms. The van der Waals surface area contributed by atoms with Crippen LogP contribution in [0, 0.1) is 0 Å². The van der Waals surface area contributed by atoms with Crippen molar-refractivity contribution in [2.75, 3.05) is 0 Å². The molecule has 108 valence electrons. The van der Waals surface area contributed by atoms with Crippen LogP contribution in [0.4, 0.5) is 4.79 Å². The molecule has 1 heterocycles. The van der Waals surface area contributed by atoms with Crippen LogP contribution in [-0.4, -0.2) is 24.3 Å². The van der Waals surface area contributed by atoms with Crippen LogP contribution in [0.3, 0.4) is 0 Å². The van der Waals surface area contributed by atoms with Crippen molar-refractivity contribution in [1.82, 2.24) is 4.57 Å². The number of hydrogen-bond acceptors (Lipinski definition) is 2. The molecule has 0 aliphatic carbocycles. The summed E-state index contributed by atoms with van der Waals surface area (Å²) in [6, 6.07) is 7.54. The zero-order valence-electron chi connectivity index (χ0n) is 13.1. The van der Waals surface area contributed by atoms with Gasteiger partial charge in [0.1, 0.15) is 13.7 Å². The Morgan fingerprint density at radius 1 is 1.21 bits per heavy atom. The van der Waals surface area contributed by atoms with E-state index in [1.165, 1.54) is 5.32 Å². The normalized spacial score (nSPS) is 12.5. The first-order valence-corrected chi connectivity index (χ1v) is 9.83. The summed E-state index contributed by atoms with van der Waals surface area (Å²) in [5.74, 6) is 0. The minimum atomic E-state index is -1.56. The second-order valence-electron chi connectivity index (χ2n) is 6.08. The fraction of sp³-hybridized carbons (Fsp3) is 0.667. The Balaban J connectivity index is 3.13. The van der Waals surface area contributed by atoms with Gasteiger partial charge in [-0.05, 0) is 32.9 Å². The summed E-state index contributed by atoms with van der Waals surface area (Å²) in [7, 11) is -1.56. The summed E-state index contributed by atoms with van der Waals surface area (Å²) < 4.78 is 7.23. The predicted octanol–water partition coefficient (Wildman–Crippen LogP) is 3.99. The van der Waals surface area contributed by atoms with Crippen molar-refractivity contribution in [3.8, 4) is 0 Å². The van der Waals surface area contributed by atoms with Crippen LogP contribution < -0.4 is 5.32 Å². The van der Waals surface area contributed by atoms with Crippen molar-refractivity contribution in [1.29, 1.82) is 0 Å². The van der Waals surface area contributed by atoms with E-state index in [0.717, 1.165) is 18.1 Å². The lowest BCUT2D eigenvalue weighted by atomic mass is 10.2. The smallest absolute Gasteiger partial charge is 0.418 e. The van der Waals surface area contributed by atoms with Crippen LogP contribution in [0.1, 0.15) is 41.5 Å². The molecule has 1 aromatic rings. The lowest BCUT2D eigenvalue weighted by Gasteiger charge is -2.30. The Labute approximate surface area is 118 Å². The zero-order valence-corrected chi connectivity index (χ0v) is 14.1. The van der Waals surface area contributed by atoms with Gasteiger partial charge in [0.2, 0.25) is 0 Å². The Hall–Kier alpha value is -1.03. The largest absolute Gasteiger partial charge is 0.443 e. The van der Waals surface area contributed by atoms with E-state index in [4.69, 9.17) is 4.74 Å². The number of aromatic nitrogens is 1. The van der Waals surface area contributed by atoms with Crippen molar-refractivity contribution < 1.29 is 9.53 Å². The van der Waals surface area contributed by atoms with E-state index in [1.807, 2.05) is 33.0 Å². The summed E-state index contributed by atoms with van der Waals surface area (Å²) >= 11 is 0. The van der Waals surface area contributed by atoms with Gasteiger partial charge in [-0.25, -0.2) is 4.79 Å². The molecule has 0 aliphatic rings. The lowest BCUT2D eigenvalue weighted by molar-refractivity contribution is 0.0542. The molecule has 0 bridgehead atoms. The first-order chi connectivity index (χ1) is 8.79. The van der Waals surface area contributed by atoms with Crippen LogP contribution in [0.25, 0.3) is 0 Å². The van der Waals surface area contributed by atoms with Crippen LogP contribution >= 0.6 is 0 Å². The van der Waals surface area contributed by atoms with E-state index < -0.39 is 13.7 Å². The summed E-state index contributed by atoms with van der Waals surface area (Å²) in [6.45, 7) is 12.4. The molecule has 1 aromatic heterocycles. The van der Waals surface area contributed by atoms with Crippen LogP contribution in [0.2, 0.25) is 18.1 Å². The second-order valence-corrected chi connectivity index (χ2v) is 11.3. The highest BCUT2D eigenvalue weighted by atomic mass is 28.3. The van der Waals surface area contributed by atoms with Gasteiger partial charge in [0.05, 0.1) is 0 Å². The number of carbonyl (C=O) groups is 1. The average molecular weight is 281 g/mol. The Morgan fingerprint density at radius 2 is 1.74 bits per heavy atom. The third kappa shape index (κ3) is 3.50. The van der Waals surface area contributed by atoms with Crippen molar-refractivity contribution >= 4 is 19.5 Å². The van der Waals surface area contributed by atoms with E-state index in [0.29, 0.717) is 0 Å². The van der Waals surface area contributed by atoms with E-state index >= 15 is 0 Å². The molecule has 3 nitrogen and oxygen atoms in total. The minimum absolute atomic E-state index is 0.250. The monoisotopic (exact) mass is 281 g/mol. The third-order valence-electron chi connectivity index (χ3n) is 3.91. The Kier molecular flexibility index (Phi) is 5.02. The summed E-state index contributed by atoms with van der Waals surface area (Å²) in [5.41, 5.74) is -0.451. The molecule has 1 rings (SSSR count). The van der Waals surface area contributed by atoms with Crippen molar-refractivity contribution in [3.63, 3.8) is 0 Å². The quantitative estimate of drug-likeness (QED) is 0.781. The van der Waals surface area contributed by atoms with Gasteiger partial charge in [-0.15, -0.1) is 0 Å². The van der Waals surface area contributed by atoms with Crippen molar-refractivity contribution in [2.24, 2.45) is 0 Å². The summed E-state index contributed by atoms with van der Waals surface area (Å²) in [4.78, 5) is 12.3. The highest BCUT2D eigenvalue weighted by molar-refractivity contribution is 6.91. The minimum Gasteiger partial charge on any atom is -0.443 e. The molecule has 0 amide bonds. The molecule has 0 radical (unpaired) electrons. The van der Waals surface area contributed by atoms with E-state index in [9.17, 15) is 4.79 Å². The maximum atomic E-state index is 12.3. The van der Waals surface area contributed by atoms with Gasteiger partial charge in [-0.3, -0.25) is 4.57 Å². The predicted molar refractivity (Wildman–Crippen MR) is 82.9 cm³/mol. The summed E-state index contributed by atoms with van der Waals surface area (Å²) in [6.07, 6.45) is 1.59. The van der Waals surface area contributed by atoms with Crippen molar-refractivity contribution in [3.05, 3.63) is 18.3 Å². The highest BCUT2D eigenvalue weighted by Gasteiger charge is 2.34. The number of hydrogen-bond donors (Lipinski definition) is 0. The number of nitrogens with zero attached hydrogens (tertiary/aromatic N) is 1. The fourth-order valence-corrected chi connectivity index (χ4v) is 6.29. The molecule has 19 heavy (non-hydrogen) atoms. The summed E-state index contributed by atoms with van der Waals surface area (Å²) in [5, 5.41) is 1.20. The van der Waals surface area contributed by atoms with E-state index in [2.05, 4.69) is 26.8 Å². The molecular weight excluding hydrogens is 254 g/mol. The SMILES string of the molecule is CC[Si](CC)(CC)c1cccn1C(=O)OC(C)(C)C. The Morgan fingerprint density at radius 3 is 2.16 bits per heavy atom. The molecule has 0 N–H and O–H groups in total. The second kappa shape index (κ2) is 5.95. The average Bonchev–Trinajstić information content (AvgIpc) is 2.80. The molecule has 0 aromatic carbocycles. The third-order valence-corrected chi connectivity index (χ3v) is 9.47. The van der Waals surface area contributed by atoms with Gasteiger partial charge in [-0.1, -0.05) is 38.9 Å². The van der Waals surface area contributed by atoms with Crippen LogP contribution in [-0.2, 0) is 4.74 Å². The molecule has 0 fully saturated rings. The van der Waals surface area contributed by atoms with Gasteiger partial charge in [0.25, 0.3) is 0 Å². The standard InChI is InChI=1S/C15H27NO2Si/c1-7-19(8-2,9-3)13-11-10-12-16(13)14(17)18-15(4,5)6/h10-12H,7-9H2,1-6H3. The molecule has 0 saturated carbocycles. The molecule has 0 unspecified atom stereocenters. The molecule has 0 atom stereocenters. The molecular formula is C15H27NO2Si. The van der Waals surface area contributed by atoms with Gasteiger partial charge < -0.3 is 4.74 Å². The first-order valence-electron chi connectivity index (χ1n) is 7.21. The van der Waals surface area contributed by atoms with Gasteiger partial charge in [-0.2, -0.15) is 0 Å². The lowest BCUT2D eigenvalue weighted by Crippen LogP contribution is -2.51. The fourth-order valence-electron chi connectivity index (χ4n) is 2.58. The molecule has 0 saturated heterocycles. The van der Waals surface area contributed by atoms with E-state index in [1.54, 1.807) is 4.57 Å². The number of ether oxygens (including phenoxy) is 1. The number of carbonyl (C=O) groups excluding carboxylic acids is 1. The molecule has 0 spiro atoms. The van der Waals surface area contributed by atoms with Gasteiger partial charge in [0, 0.05) is 11.5 Å². The topological polar surface area (TPSA) is 31.2 Å².